The van der Waals surface area contributed by atoms with Gasteiger partial charge in [0.1, 0.15) is 0 Å². The van der Waals surface area contributed by atoms with Crippen LogP contribution in [-0.4, -0.2) is 9.97 Å². The van der Waals surface area contributed by atoms with E-state index in [1.807, 2.05) is 18.2 Å². The molecule has 2 heterocycles. The van der Waals surface area contributed by atoms with Crippen molar-refractivity contribution >= 4 is 44.4 Å². The largest absolute Gasteiger partial charge is 0.228 e. The van der Waals surface area contributed by atoms with Crippen LogP contribution in [0.1, 0.15) is 11.1 Å². The maximum Gasteiger partial charge on any atom is 0.161 e. The van der Waals surface area contributed by atoms with Crippen LogP contribution in [0.25, 0.3) is 44.0 Å². The van der Waals surface area contributed by atoms with Crippen molar-refractivity contribution in [3.05, 3.63) is 82.9 Å². The van der Waals surface area contributed by atoms with Gasteiger partial charge in [-0.05, 0) is 50.2 Å². The predicted octanol–water partition coefficient (Wildman–Crippen LogP) is 6.87. The molecule has 0 aliphatic heterocycles. The van der Waals surface area contributed by atoms with E-state index in [-0.39, 0.29) is 0 Å². The highest BCUT2D eigenvalue weighted by Crippen LogP contribution is 2.39. The van der Waals surface area contributed by atoms with Gasteiger partial charge in [0.15, 0.2) is 5.65 Å². The highest BCUT2D eigenvalue weighted by Gasteiger charge is 2.15. The number of hydrogen-bond donors (Lipinski definition) is 0. The molecule has 2 nitrogen and oxygen atoms in total. The summed E-state index contributed by atoms with van der Waals surface area (Å²) in [6.07, 6.45) is 0. The van der Waals surface area contributed by atoms with Crippen LogP contribution in [0.15, 0.2) is 66.7 Å². The highest BCUT2D eigenvalue weighted by molar-refractivity contribution is 6.34. The normalized spacial score (nSPS) is 11.5. The number of aryl methyl sites for hydroxylation is 2. The third-order valence-electron chi connectivity index (χ3n) is 5.01. The Balaban J connectivity index is 2.03. The van der Waals surface area contributed by atoms with E-state index in [9.17, 15) is 0 Å². The molecule has 0 saturated heterocycles. The summed E-state index contributed by atoms with van der Waals surface area (Å²) >= 11 is 6.60. The van der Waals surface area contributed by atoms with Gasteiger partial charge in [-0.15, -0.1) is 0 Å². The maximum atomic E-state index is 6.60. The molecule has 0 radical (unpaired) electrons. The van der Waals surface area contributed by atoms with E-state index in [0.717, 1.165) is 49.0 Å². The molecule has 3 aromatic carbocycles. The summed E-state index contributed by atoms with van der Waals surface area (Å²) in [4.78, 5) is 9.71. The lowest BCUT2D eigenvalue weighted by Gasteiger charge is -2.13. The molecule has 0 aliphatic rings. The van der Waals surface area contributed by atoms with E-state index in [0.29, 0.717) is 0 Å². The van der Waals surface area contributed by atoms with E-state index >= 15 is 0 Å². The zero-order chi connectivity index (χ0) is 18.5. The van der Waals surface area contributed by atoms with Crippen molar-refractivity contribution in [2.24, 2.45) is 0 Å². The van der Waals surface area contributed by atoms with E-state index in [2.05, 4.69) is 62.4 Å². The van der Waals surface area contributed by atoms with Crippen LogP contribution in [-0.2, 0) is 0 Å². The zero-order valence-corrected chi connectivity index (χ0v) is 15.9. The maximum absolute atomic E-state index is 6.60. The summed E-state index contributed by atoms with van der Waals surface area (Å²) in [6.45, 7) is 4.20. The van der Waals surface area contributed by atoms with Crippen molar-refractivity contribution in [3.63, 3.8) is 0 Å². The Kier molecular flexibility index (Phi) is 3.63. The third kappa shape index (κ3) is 2.65. The number of rotatable bonds is 1. The van der Waals surface area contributed by atoms with Gasteiger partial charge in [-0.1, -0.05) is 53.1 Å². The average molecular weight is 369 g/mol. The van der Waals surface area contributed by atoms with Crippen molar-refractivity contribution in [1.82, 2.24) is 9.97 Å². The second kappa shape index (κ2) is 6.04. The lowest BCUT2D eigenvalue weighted by molar-refractivity contribution is 1.36. The molecule has 27 heavy (non-hydrogen) atoms. The molecule has 0 unspecified atom stereocenters. The fraction of sp³-hybridized carbons (Fsp3) is 0.0833. The number of pyridine rings is 2. The first-order valence-corrected chi connectivity index (χ1v) is 9.34. The lowest BCUT2D eigenvalue weighted by Crippen LogP contribution is -1.93. The number of aromatic nitrogens is 2. The summed E-state index contributed by atoms with van der Waals surface area (Å²) in [5.74, 6) is 0. The standard InChI is InChI=1S/C24H17ClN2/c1-14-7-9-21-16(11-14)13-19-23(17-5-3-4-6-20(17)25)18-12-15(2)8-10-22(18)27-24(19)26-21/h3-13H,1-2H3. The summed E-state index contributed by atoms with van der Waals surface area (Å²) < 4.78 is 0. The van der Waals surface area contributed by atoms with Gasteiger partial charge in [-0.3, -0.25) is 0 Å². The van der Waals surface area contributed by atoms with E-state index < -0.39 is 0 Å². The molecular weight excluding hydrogens is 352 g/mol. The summed E-state index contributed by atoms with van der Waals surface area (Å²) in [5, 5.41) is 3.98. The fourth-order valence-electron chi connectivity index (χ4n) is 3.72. The van der Waals surface area contributed by atoms with Gasteiger partial charge in [-0.2, -0.15) is 0 Å². The van der Waals surface area contributed by atoms with E-state index in [1.165, 1.54) is 11.1 Å². The predicted molar refractivity (Wildman–Crippen MR) is 114 cm³/mol. The lowest BCUT2D eigenvalue weighted by atomic mass is 9.95. The molecule has 0 N–H and O–H groups in total. The first kappa shape index (κ1) is 16.2. The summed E-state index contributed by atoms with van der Waals surface area (Å²) in [6, 6.07) is 22.8. The molecule has 0 atom stereocenters. The van der Waals surface area contributed by atoms with E-state index in [1.54, 1.807) is 0 Å². The minimum absolute atomic E-state index is 0.733. The highest BCUT2D eigenvalue weighted by atomic mass is 35.5. The van der Waals surface area contributed by atoms with Crippen LogP contribution in [0, 0.1) is 13.8 Å². The molecule has 3 heteroatoms. The van der Waals surface area contributed by atoms with Crippen molar-refractivity contribution in [3.8, 4) is 11.1 Å². The second-order valence-corrected chi connectivity index (χ2v) is 7.45. The third-order valence-corrected chi connectivity index (χ3v) is 5.34. The Bertz CT molecular complexity index is 1350. The first-order valence-electron chi connectivity index (χ1n) is 8.96. The van der Waals surface area contributed by atoms with Crippen LogP contribution >= 0.6 is 11.6 Å². The van der Waals surface area contributed by atoms with Crippen molar-refractivity contribution in [2.45, 2.75) is 13.8 Å². The molecule has 5 aromatic rings. The number of hydrogen-bond acceptors (Lipinski definition) is 2. The SMILES string of the molecule is Cc1ccc2nc3nc4ccc(C)cc4c(-c4ccccc4Cl)c3cc2c1. The molecule has 0 bridgehead atoms. The molecule has 0 fully saturated rings. The van der Waals surface area contributed by atoms with Crippen molar-refractivity contribution in [1.29, 1.82) is 0 Å². The van der Waals surface area contributed by atoms with Gasteiger partial charge in [-0.25, -0.2) is 9.97 Å². The molecule has 130 valence electrons. The zero-order valence-electron chi connectivity index (χ0n) is 15.1. The molecule has 5 rings (SSSR count). The molecule has 0 amide bonds. The van der Waals surface area contributed by atoms with Crippen LogP contribution in [0.2, 0.25) is 5.02 Å². The van der Waals surface area contributed by atoms with Crippen LogP contribution < -0.4 is 0 Å². The Morgan fingerprint density at radius 2 is 1.41 bits per heavy atom. The van der Waals surface area contributed by atoms with Crippen molar-refractivity contribution < 1.29 is 0 Å². The van der Waals surface area contributed by atoms with Crippen LogP contribution in [0.5, 0.6) is 0 Å². The second-order valence-electron chi connectivity index (χ2n) is 7.04. The van der Waals surface area contributed by atoms with E-state index in [4.69, 9.17) is 21.6 Å². The van der Waals surface area contributed by atoms with Gasteiger partial charge < -0.3 is 0 Å². The van der Waals surface area contributed by atoms with Gasteiger partial charge in [0.05, 0.1) is 11.0 Å². The van der Waals surface area contributed by atoms with Gasteiger partial charge in [0.2, 0.25) is 0 Å². The summed E-state index contributed by atoms with van der Waals surface area (Å²) in [7, 11) is 0. The Hall–Kier alpha value is -2.97. The minimum Gasteiger partial charge on any atom is -0.228 e. The molecule has 0 aliphatic carbocycles. The molecular formula is C24H17ClN2. The monoisotopic (exact) mass is 368 g/mol. The molecule has 0 spiro atoms. The van der Waals surface area contributed by atoms with Crippen LogP contribution in [0.4, 0.5) is 0 Å². The molecule has 0 saturated carbocycles. The Labute approximate surface area is 162 Å². The Morgan fingerprint density at radius 3 is 2.22 bits per heavy atom. The number of halogens is 1. The average Bonchev–Trinajstić information content (AvgIpc) is 2.66. The smallest absolute Gasteiger partial charge is 0.161 e. The quantitative estimate of drug-likeness (QED) is 0.301. The summed E-state index contributed by atoms with van der Waals surface area (Å²) in [5.41, 5.74) is 7.15. The van der Waals surface area contributed by atoms with Gasteiger partial charge >= 0.3 is 0 Å². The number of nitrogens with zero attached hydrogens (tertiary/aromatic N) is 2. The van der Waals surface area contributed by atoms with Gasteiger partial charge in [0.25, 0.3) is 0 Å². The number of fused-ring (bicyclic) bond motifs is 3. The first-order chi connectivity index (χ1) is 13.1. The Morgan fingerprint density at radius 1 is 0.704 bits per heavy atom. The van der Waals surface area contributed by atoms with Crippen LogP contribution in [0.3, 0.4) is 0 Å². The topological polar surface area (TPSA) is 25.8 Å². The fourth-order valence-corrected chi connectivity index (χ4v) is 3.95. The minimum atomic E-state index is 0.733. The van der Waals surface area contributed by atoms with Gasteiger partial charge in [0, 0.05) is 32.3 Å². The molecule has 2 aromatic heterocycles. The van der Waals surface area contributed by atoms with Crippen molar-refractivity contribution in [2.75, 3.05) is 0 Å². The number of benzene rings is 3.